The molecular formula is C24H23FN2O3S. The number of benzene rings is 2. The molecule has 0 radical (unpaired) electrons. The summed E-state index contributed by atoms with van der Waals surface area (Å²) in [5.74, 6) is 1.42. The molecule has 1 aromatic heterocycles. The topological polar surface area (TPSA) is 60.5 Å². The molecule has 31 heavy (non-hydrogen) atoms. The Bertz CT molecular complexity index is 1060. The number of ether oxygens (including phenoxy) is 2. The lowest BCUT2D eigenvalue weighted by atomic mass is 10.0. The van der Waals surface area contributed by atoms with Crippen LogP contribution in [-0.2, 0) is 6.61 Å². The number of hydrogen-bond acceptors (Lipinski definition) is 5. The Morgan fingerprint density at radius 2 is 1.97 bits per heavy atom. The first-order valence-electron chi connectivity index (χ1n) is 10.2. The van der Waals surface area contributed by atoms with Gasteiger partial charge in [0, 0.05) is 28.6 Å². The molecule has 1 unspecified atom stereocenters. The van der Waals surface area contributed by atoms with Crippen LogP contribution in [0.25, 0.3) is 0 Å². The van der Waals surface area contributed by atoms with Crippen molar-refractivity contribution in [2.45, 2.75) is 30.9 Å². The highest BCUT2D eigenvalue weighted by molar-refractivity contribution is 7.99. The summed E-state index contributed by atoms with van der Waals surface area (Å²) in [4.78, 5) is 17.9. The number of pyridine rings is 1. The van der Waals surface area contributed by atoms with Crippen molar-refractivity contribution >= 4 is 17.7 Å². The second kappa shape index (κ2) is 9.83. The predicted molar refractivity (Wildman–Crippen MR) is 118 cm³/mol. The second-order valence-electron chi connectivity index (χ2n) is 7.08. The number of carbonyl (C=O) groups excluding carboxylic acids is 1. The van der Waals surface area contributed by atoms with Crippen LogP contribution in [0, 0.1) is 5.82 Å². The molecule has 3 aromatic rings. The predicted octanol–water partition coefficient (Wildman–Crippen LogP) is 5.17. The summed E-state index contributed by atoms with van der Waals surface area (Å²) in [5, 5.41) is 3.04. The highest BCUT2D eigenvalue weighted by Gasteiger charge is 2.24. The van der Waals surface area contributed by atoms with Crippen LogP contribution < -0.4 is 14.8 Å². The van der Waals surface area contributed by atoms with Crippen LogP contribution in [0.2, 0.25) is 0 Å². The molecule has 1 amide bonds. The van der Waals surface area contributed by atoms with Gasteiger partial charge in [-0.25, -0.2) is 4.39 Å². The zero-order valence-corrected chi connectivity index (χ0v) is 18.0. The third kappa shape index (κ3) is 5.17. The first kappa shape index (κ1) is 21.2. The van der Waals surface area contributed by atoms with Gasteiger partial charge in [-0.3, -0.25) is 9.78 Å². The fourth-order valence-corrected chi connectivity index (χ4v) is 4.54. The zero-order valence-electron chi connectivity index (χ0n) is 17.1. The van der Waals surface area contributed by atoms with Crippen molar-refractivity contribution in [3.05, 3.63) is 83.4 Å². The standard InChI is InChI=1S/C24H23FN2O3S/c1-2-29-22-13-17(3-5-21(22)30-15-16-7-10-26-11-8-16)24(28)27-20-9-12-31-23-6-4-18(25)14-19(20)23/h3-8,10-11,13-14,20H,2,9,12,15H2,1H3,(H,27,28). The maximum atomic E-state index is 13.7. The molecule has 160 valence electrons. The van der Waals surface area contributed by atoms with Gasteiger partial charge in [-0.2, -0.15) is 0 Å². The van der Waals surface area contributed by atoms with Gasteiger partial charge in [-0.15, -0.1) is 11.8 Å². The Morgan fingerprint density at radius 1 is 1.13 bits per heavy atom. The maximum absolute atomic E-state index is 13.7. The summed E-state index contributed by atoms with van der Waals surface area (Å²) >= 11 is 1.68. The van der Waals surface area contributed by atoms with Gasteiger partial charge in [0.25, 0.3) is 5.91 Å². The fourth-order valence-electron chi connectivity index (χ4n) is 3.43. The van der Waals surface area contributed by atoms with Gasteiger partial charge in [0.1, 0.15) is 12.4 Å². The molecule has 1 aliphatic heterocycles. The lowest BCUT2D eigenvalue weighted by Crippen LogP contribution is -2.30. The molecule has 0 fully saturated rings. The van der Waals surface area contributed by atoms with E-state index in [1.807, 2.05) is 19.1 Å². The average Bonchev–Trinajstić information content (AvgIpc) is 2.79. The molecule has 0 saturated heterocycles. The van der Waals surface area contributed by atoms with Gasteiger partial charge in [-0.1, -0.05) is 0 Å². The Balaban J connectivity index is 1.50. The van der Waals surface area contributed by atoms with E-state index in [2.05, 4.69) is 10.3 Å². The highest BCUT2D eigenvalue weighted by atomic mass is 32.2. The summed E-state index contributed by atoms with van der Waals surface area (Å²) in [5.41, 5.74) is 2.28. The van der Waals surface area contributed by atoms with E-state index in [-0.39, 0.29) is 17.8 Å². The van der Waals surface area contributed by atoms with Crippen molar-refractivity contribution in [2.75, 3.05) is 12.4 Å². The molecule has 7 heteroatoms. The van der Waals surface area contributed by atoms with E-state index >= 15 is 0 Å². The van der Waals surface area contributed by atoms with Crippen molar-refractivity contribution in [2.24, 2.45) is 0 Å². The monoisotopic (exact) mass is 438 g/mol. The Morgan fingerprint density at radius 3 is 2.77 bits per heavy atom. The van der Waals surface area contributed by atoms with Crippen LogP contribution in [0.1, 0.15) is 40.9 Å². The molecule has 5 nitrogen and oxygen atoms in total. The number of nitrogens with zero attached hydrogens (tertiary/aromatic N) is 1. The van der Waals surface area contributed by atoms with Crippen molar-refractivity contribution in [1.82, 2.24) is 10.3 Å². The lowest BCUT2D eigenvalue weighted by Gasteiger charge is -2.26. The lowest BCUT2D eigenvalue weighted by molar-refractivity contribution is 0.0934. The first-order valence-corrected chi connectivity index (χ1v) is 11.1. The van der Waals surface area contributed by atoms with Crippen LogP contribution in [0.5, 0.6) is 11.5 Å². The molecule has 0 bridgehead atoms. The molecule has 1 atom stereocenters. The minimum Gasteiger partial charge on any atom is -0.490 e. The summed E-state index contributed by atoms with van der Waals surface area (Å²) in [7, 11) is 0. The maximum Gasteiger partial charge on any atom is 0.251 e. The van der Waals surface area contributed by atoms with Gasteiger partial charge < -0.3 is 14.8 Å². The molecule has 1 N–H and O–H groups in total. The van der Waals surface area contributed by atoms with E-state index in [0.717, 1.165) is 28.2 Å². The van der Waals surface area contributed by atoms with Crippen molar-refractivity contribution < 1.29 is 18.7 Å². The number of fused-ring (bicyclic) bond motifs is 1. The average molecular weight is 439 g/mol. The molecule has 0 aliphatic carbocycles. The molecule has 0 saturated carbocycles. The van der Waals surface area contributed by atoms with Crippen molar-refractivity contribution in [1.29, 1.82) is 0 Å². The number of halogens is 1. The normalized spacial score (nSPS) is 15.1. The van der Waals surface area contributed by atoms with Crippen LogP contribution in [0.3, 0.4) is 0 Å². The van der Waals surface area contributed by atoms with Gasteiger partial charge in [-0.05, 0) is 73.0 Å². The number of thioether (sulfide) groups is 1. The van der Waals surface area contributed by atoms with Crippen LogP contribution >= 0.6 is 11.8 Å². The largest absolute Gasteiger partial charge is 0.490 e. The molecule has 1 aliphatic rings. The Kier molecular flexibility index (Phi) is 6.72. The van der Waals surface area contributed by atoms with E-state index < -0.39 is 0 Å². The van der Waals surface area contributed by atoms with E-state index in [0.29, 0.717) is 30.3 Å². The number of amides is 1. The van der Waals surface area contributed by atoms with Crippen LogP contribution in [-0.4, -0.2) is 23.3 Å². The molecule has 2 aromatic carbocycles. The molecule has 2 heterocycles. The number of hydrogen-bond donors (Lipinski definition) is 1. The van der Waals surface area contributed by atoms with Crippen molar-refractivity contribution in [3.8, 4) is 11.5 Å². The summed E-state index contributed by atoms with van der Waals surface area (Å²) < 4.78 is 25.3. The van der Waals surface area contributed by atoms with Gasteiger partial charge in [0.05, 0.1) is 12.6 Å². The smallest absolute Gasteiger partial charge is 0.251 e. The third-order valence-corrected chi connectivity index (χ3v) is 6.09. The molecule has 4 rings (SSSR count). The van der Waals surface area contributed by atoms with Gasteiger partial charge in [0.15, 0.2) is 11.5 Å². The minimum absolute atomic E-state index is 0.224. The van der Waals surface area contributed by atoms with E-state index in [1.165, 1.54) is 12.1 Å². The number of nitrogens with one attached hydrogen (secondary N) is 1. The Labute approximate surface area is 185 Å². The molecular weight excluding hydrogens is 415 g/mol. The Hall–Kier alpha value is -3.06. The third-order valence-electron chi connectivity index (χ3n) is 4.97. The van der Waals surface area contributed by atoms with Crippen molar-refractivity contribution in [3.63, 3.8) is 0 Å². The van der Waals surface area contributed by atoms with Gasteiger partial charge in [0.2, 0.25) is 0 Å². The SMILES string of the molecule is CCOc1cc(C(=O)NC2CCSc3ccc(F)cc32)ccc1OCc1ccncc1. The number of rotatable bonds is 7. The van der Waals surface area contributed by atoms with E-state index in [1.54, 1.807) is 48.4 Å². The summed E-state index contributed by atoms with van der Waals surface area (Å²) in [6.45, 7) is 2.70. The van der Waals surface area contributed by atoms with Crippen LogP contribution in [0.4, 0.5) is 4.39 Å². The summed E-state index contributed by atoms with van der Waals surface area (Å²) in [6, 6.07) is 13.4. The number of carbonyl (C=O) groups is 1. The van der Waals surface area contributed by atoms with Crippen LogP contribution in [0.15, 0.2) is 65.8 Å². The number of aromatic nitrogens is 1. The highest BCUT2D eigenvalue weighted by Crippen LogP contribution is 2.37. The second-order valence-corrected chi connectivity index (χ2v) is 8.22. The quantitative estimate of drug-likeness (QED) is 0.552. The fraction of sp³-hybridized carbons (Fsp3) is 0.250. The molecule has 0 spiro atoms. The minimum atomic E-state index is -0.296. The van der Waals surface area contributed by atoms with E-state index in [4.69, 9.17) is 9.47 Å². The zero-order chi connectivity index (χ0) is 21.6. The van der Waals surface area contributed by atoms with Gasteiger partial charge >= 0.3 is 0 Å². The summed E-state index contributed by atoms with van der Waals surface area (Å²) in [6.07, 6.45) is 4.17. The van der Waals surface area contributed by atoms with E-state index in [9.17, 15) is 9.18 Å². The first-order chi connectivity index (χ1) is 15.1.